The molecule has 2 nitrogen and oxygen atoms in total. The molecule has 1 atom stereocenters. The van der Waals surface area contributed by atoms with Crippen LogP contribution in [-0.4, -0.2) is 11.6 Å². The third-order valence-electron chi connectivity index (χ3n) is 2.16. The maximum absolute atomic E-state index is 11.1. The maximum Gasteiger partial charge on any atom is 0.158 e. The first kappa shape index (κ1) is 8.18. The van der Waals surface area contributed by atoms with E-state index in [2.05, 4.69) is 0 Å². The SMILES string of the molecule is CC(=O)C1CC=C(C)C(=O)C1. The minimum Gasteiger partial charge on any atom is -0.300 e. The standard InChI is InChI=1S/C9H12O2/c1-6-3-4-8(7(2)10)5-9(6)11/h3,8H,4-5H2,1-2H3. The smallest absolute Gasteiger partial charge is 0.158 e. The van der Waals surface area contributed by atoms with Crippen LogP contribution >= 0.6 is 0 Å². The van der Waals surface area contributed by atoms with Crippen molar-refractivity contribution in [1.29, 1.82) is 0 Å². The van der Waals surface area contributed by atoms with Gasteiger partial charge in [-0.1, -0.05) is 6.08 Å². The van der Waals surface area contributed by atoms with Gasteiger partial charge in [-0.2, -0.15) is 0 Å². The Morgan fingerprint density at radius 2 is 2.27 bits per heavy atom. The van der Waals surface area contributed by atoms with Gasteiger partial charge in [0, 0.05) is 12.3 Å². The third-order valence-corrected chi connectivity index (χ3v) is 2.16. The molecular weight excluding hydrogens is 140 g/mol. The molecule has 1 aliphatic carbocycles. The van der Waals surface area contributed by atoms with Crippen molar-refractivity contribution in [2.24, 2.45) is 5.92 Å². The zero-order chi connectivity index (χ0) is 8.43. The van der Waals surface area contributed by atoms with Crippen LogP contribution in [0.15, 0.2) is 11.6 Å². The van der Waals surface area contributed by atoms with Crippen LogP contribution in [0.3, 0.4) is 0 Å². The number of hydrogen-bond donors (Lipinski definition) is 0. The summed E-state index contributed by atoms with van der Waals surface area (Å²) in [5, 5.41) is 0. The van der Waals surface area contributed by atoms with Crippen molar-refractivity contribution in [1.82, 2.24) is 0 Å². The fraction of sp³-hybridized carbons (Fsp3) is 0.556. The highest BCUT2D eigenvalue weighted by Crippen LogP contribution is 2.20. The summed E-state index contributed by atoms with van der Waals surface area (Å²) in [7, 11) is 0. The first-order valence-electron chi connectivity index (χ1n) is 3.81. The van der Waals surface area contributed by atoms with Crippen LogP contribution in [0.1, 0.15) is 26.7 Å². The van der Waals surface area contributed by atoms with E-state index in [0.29, 0.717) is 6.42 Å². The third kappa shape index (κ3) is 1.76. The molecule has 0 aliphatic heterocycles. The molecule has 0 saturated carbocycles. The lowest BCUT2D eigenvalue weighted by atomic mass is 9.87. The number of carbonyl (C=O) groups excluding carboxylic acids is 2. The second-order valence-corrected chi connectivity index (χ2v) is 3.06. The summed E-state index contributed by atoms with van der Waals surface area (Å²) >= 11 is 0. The molecule has 0 saturated heterocycles. The summed E-state index contributed by atoms with van der Waals surface area (Å²) in [6, 6.07) is 0. The van der Waals surface area contributed by atoms with Crippen LogP contribution < -0.4 is 0 Å². The predicted octanol–water partition coefficient (Wildman–Crippen LogP) is 1.50. The average molecular weight is 152 g/mol. The van der Waals surface area contributed by atoms with Crippen molar-refractivity contribution in [3.8, 4) is 0 Å². The van der Waals surface area contributed by atoms with Crippen molar-refractivity contribution in [3.05, 3.63) is 11.6 Å². The summed E-state index contributed by atoms with van der Waals surface area (Å²) < 4.78 is 0. The van der Waals surface area contributed by atoms with Gasteiger partial charge in [0.25, 0.3) is 0 Å². The lowest BCUT2D eigenvalue weighted by molar-refractivity contribution is -0.125. The highest BCUT2D eigenvalue weighted by Gasteiger charge is 2.22. The van der Waals surface area contributed by atoms with Gasteiger partial charge in [0.05, 0.1) is 0 Å². The number of allylic oxidation sites excluding steroid dienone is 2. The lowest BCUT2D eigenvalue weighted by Gasteiger charge is -2.15. The summed E-state index contributed by atoms with van der Waals surface area (Å²) in [6.07, 6.45) is 3.02. The number of ketones is 2. The Balaban J connectivity index is 2.70. The minimum absolute atomic E-state index is 0.0498. The molecule has 0 spiro atoms. The number of Topliss-reactive ketones (excluding diaryl/α,β-unsaturated/α-hetero) is 2. The van der Waals surface area contributed by atoms with Gasteiger partial charge in [-0.25, -0.2) is 0 Å². The van der Waals surface area contributed by atoms with Crippen LogP contribution in [0.2, 0.25) is 0 Å². The largest absolute Gasteiger partial charge is 0.300 e. The van der Waals surface area contributed by atoms with Crippen molar-refractivity contribution in [2.45, 2.75) is 26.7 Å². The first-order valence-corrected chi connectivity index (χ1v) is 3.81. The number of rotatable bonds is 1. The Bertz CT molecular complexity index is 226. The normalized spacial score (nSPS) is 24.7. The van der Waals surface area contributed by atoms with E-state index in [4.69, 9.17) is 0 Å². The van der Waals surface area contributed by atoms with Crippen LogP contribution in [0.4, 0.5) is 0 Å². The molecule has 0 heterocycles. The van der Waals surface area contributed by atoms with Gasteiger partial charge in [0.15, 0.2) is 5.78 Å². The first-order chi connectivity index (χ1) is 5.11. The van der Waals surface area contributed by atoms with Gasteiger partial charge < -0.3 is 0 Å². The molecule has 0 radical (unpaired) electrons. The molecule has 60 valence electrons. The van der Waals surface area contributed by atoms with Crippen molar-refractivity contribution in [3.63, 3.8) is 0 Å². The molecule has 0 aromatic carbocycles. The highest BCUT2D eigenvalue weighted by molar-refractivity contribution is 5.98. The van der Waals surface area contributed by atoms with Gasteiger partial charge in [-0.15, -0.1) is 0 Å². The van der Waals surface area contributed by atoms with Crippen molar-refractivity contribution >= 4 is 11.6 Å². The Morgan fingerprint density at radius 1 is 1.64 bits per heavy atom. The second kappa shape index (κ2) is 2.99. The topological polar surface area (TPSA) is 34.1 Å². The lowest BCUT2D eigenvalue weighted by Crippen LogP contribution is -2.19. The quantitative estimate of drug-likeness (QED) is 0.570. The van der Waals surface area contributed by atoms with E-state index in [1.165, 1.54) is 0 Å². The van der Waals surface area contributed by atoms with E-state index in [9.17, 15) is 9.59 Å². The van der Waals surface area contributed by atoms with Gasteiger partial charge in [0.1, 0.15) is 5.78 Å². The predicted molar refractivity (Wildman–Crippen MR) is 42.2 cm³/mol. The fourth-order valence-corrected chi connectivity index (χ4v) is 1.21. The Labute approximate surface area is 66.3 Å². The minimum atomic E-state index is -0.0498. The van der Waals surface area contributed by atoms with Gasteiger partial charge in [-0.05, 0) is 25.8 Å². The molecule has 1 aliphatic rings. The number of hydrogen-bond acceptors (Lipinski definition) is 2. The molecular formula is C9H12O2. The highest BCUT2D eigenvalue weighted by atomic mass is 16.1. The molecule has 1 rings (SSSR count). The number of carbonyl (C=O) groups is 2. The molecule has 0 aromatic heterocycles. The van der Waals surface area contributed by atoms with Crippen LogP contribution in [0.5, 0.6) is 0 Å². The van der Waals surface area contributed by atoms with Gasteiger partial charge >= 0.3 is 0 Å². The zero-order valence-electron chi connectivity index (χ0n) is 6.89. The average Bonchev–Trinajstić information content (AvgIpc) is 1.94. The van der Waals surface area contributed by atoms with Crippen molar-refractivity contribution < 1.29 is 9.59 Å². The monoisotopic (exact) mass is 152 g/mol. The molecule has 0 aromatic rings. The molecule has 0 bridgehead atoms. The van der Waals surface area contributed by atoms with E-state index in [1.807, 2.05) is 6.08 Å². The zero-order valence-corrected chi connectivity index (χ0v) is 6.89. The van der Waals surface area contributed by atoms with E-state index < -0.39 is 0 Å². The Hall–Kier alpha value is -0.920. The molecule has 11 heavy (non-hydrogen) atoms. The van der Waals surface area contributed by atoms with E-state index in [1.54, 1.807) is 13.8 Å². The summed E-state index contributed by atoms with van der Waals surface area (Å²) in [4.78, 5) is 22.0. The summed E-state index contributed by atoms with van der Waals surface area (Å²) in [5.74, 6) is 0.199. The summed E-state index contributed by atoms with van der Waals surface area (Å²) in [5.41, 5.74) is 0.808. The van der Waals surface area contributed by atoms with Crippen LogP contribution in [0, 0.1) is 5.92 Å². The molecule has 0 fully saturated rings. The molecule has 2 heteroatoms. The van der Waals surface area contributed by atoms with Gasteiger partial charge in [0.2, 0.25) is 0 Å². The van der Waals surface area contributed by atoms with Crippen molar-refractivity contribution in [2.75, 3.05) is 0 Å². The second-order valence-electron chi connectivity index (χ2n) is 3.06. The van der Waals surface area contributed by atoms with Crippen LogP contribution in [-0.2, 0) is 9.59 Å². The van der Waals surface area contributed by atoms with E-state index in [0.717, 1.165) is 12.0 Å². The van der Waals surface area contributed by atoms with E-state index >= 15 is 0 Å². The molecule has 1 unspecified atom stereocenters. The Kier molecular flexibility index (Phi) is 2.22. The van der Waals surface area contributed by atoms with Gasteiger partial charge in [-0.3, -0.25) is 9.59 Å². The van der Waals surface area contributed by atoms with E-state index in [-0.39, 0.29) is 17.5 Å². The fourth-order valence-electron chi connectivity index (χ4n) is 1.21. The van der Waals surface area contributed by atoms with Crippen LogP contribution in [0.25, 0.3) is 0 Å². The Morgan fingerprint density at radius 3 is 2.73 bits per heavy atom. The maximum atomic E-state index is 11.1. The summed E-state index contributed by atoms with van der Waals surface area (Å²) in [6.45, 7) is 3.35. The molecule has 0 amide bonds. The molecule has 0 N–H and O–H groups in total.